The lowest BCUT2D eigenvalue weighted by Crippen LogP contribution is -2.31. The minimum Gasteiger partial charge on any atom is -0.372 e. The molecule has 25 heavy (non-hydrogen) atoms. The van der Waals surface area contributed by atoms with Crippen LogP contribution in [0.1, 0.15) is 43.4 Å². The lowest BCUT2D eigenvalue weighted by molar-refractivity contribution is 0.339. The van der Waals surface area contributed by atoms with E-state index in [1.165, 1.54) is 24.8 Å². The molecule has 1 aliphatic rings. The monoisotopic (exact) mass is 333 g/mol. The van der Waals surface area contributed by atoms with Crippen molar-refractivity contribution in [2.75, 3.05) is 18.1 Å². The van der Waals surface area contributed by atoms with Crippen LogP contribution in [0.3, 0.4) is 0 Å². The number of aromatic nitrogens is 3. The molecule has 2 heterocycles. The second kappa shape index (κ2) is 6.31. The first kappa shape index (κ1) is 15.8. The average Bonchev–Trinajstić information content (AvgIpc) is 2.68. The molecule has 0 aliphatic heterocycles. The Morgan fingerprint density at radius 2 is 1.68 bits per heavy atom. The lowest BCUT2D eigenvalue weighted by Gasteiger charge is -2.37. The van der Waals surface area contributed by atoms with E-state index in [0.717, 1.165) is 29.7 Å². The van der Waals surface area contributed by atoms with Gasteiger partial charge in [0.15, 0.2) is 5.65 Å². The molecule has 128 valence electrons. The van der Waals surface area contributed by atoms with Crippen LogP contribution in [0.4, 0.5) is 11.8 Å². The van der Waals surface area contributed by atoms with Gasteiger partial charge in [-0.2, -0.15) is 9.97 Å². The third-order valence-electron chi connectivity index (χ3n) is 5.34. The van der Waals surface area contributed by atoms with E-state index in [0.29, 0.717) is 5.65 Å². The van der Waals surface area contributed by atoms with Gasteiger partial charge >= 0.3 is 0 Å². The molecule has 4 rings (SSSR count). The Morgan fingerprint density at radius 1 is 0.920 bits per heavy atom. The standard InChI is InChI=1S/C20H23N5/c1-22-17-15-10-11-16(23-18(15)25-19(21)24-17)20(12-6-3-7-13-20)14-8-4-2-5-9-14/h2,4-5,8-11H,3,6-7,12-13H2,1H3,(H3,21,22,23,24,25). The molecular formula is C20H23N5. The molecule has 0 bridgehead atoms. The first-order valence-electron chi connectivity index (χ1n) is 8.91. The molecule has 1 aliphatic carbocycles. The molecule has 0 atom stereocenters. The van der Waals surface area contributed by atoms with Gasteiger partial charge in [0.2, 0.25) is 5.95 Å². The van der Waals surface area contributed by atoms with Gasteiger partial charge in [0, 0.05) is 12.5 Å². The van der Waals surface area contributed by atoms with E-state index in [-0.39, 0.29) is 11.4 Å². The van der Waals surface area contributed by atoms with E-state index in [4.69, 9.17) is 10.7 Å². The van der Waals surface area contributed by atoms with E-state index >= 15 is 0 Å². The van der Waals surface area contributed by atoms with Crippen molar-refractivity contribution < 1.29 is 0 Å². The summed E-state index contributed by atoms with van der Waals surface area (Å²) in [6.45, 7) is 0. The van der Waals surface area contributed by atoms with Crippen LogP contribution in [-0.2, 0) is 5.41 Å². The predicted octanol–water partition coefficient (Wildman–Crippen LogP) is 3.90. The van der Waals surface area contributed by atoms with Crippen molar-refractivity contribution in [3.8, 4) is 0 Å². The second-order valence-corrected chi connectivity index (χ2v) is 6.76. The summed E-state index contributed by atoms with van der Waals surface area (Å²) in [5, 5.41) is 3.98. The average molecular weight is 333 g/mol. The van der Waals surface area contributed by atoms with Gasteiger partial charge in [-0.05, 0) is 30.5 Å². The largest absolute Gasteiger partial charge is 0.372 e. The van der Waals surface area contributed by atoms with Gasteiger partial charge in [-0.25, -0.2) is 4.98 Å². The zero-order chi connectivity index (χ0) is 17.3. The Bertz CT molecular complexity index is 885. The van der Waals surface area contributed by atoms with Crippen molar-refractivity contribution >= 4 is 22.8 Å². The predicted molar refractivity (Wildman–Crippen MR) is 102 cm³/mol. The summed E-state index contributed by atoms with van der Waals surface area (Å²) in [6.07, 6.45) is 5.98. The number of nitrogen functional groups attached to an aromatic ring is 1. The van der Waals surface area contributed by atoms with Crippen LogP contribution >= 0.6 is 0 Å². The molecule has 3 N–H and O–H groups in total. The minimum atomic E-state index is -0.0345. The molecule has 5 heteroatoms. The topological polar surface area (TPSA) is 76.7 Å². The molecule has 0 saturated heterocycles. The van der Waals surface area contributed by atoms with Crippen molar-refractivity contribution in [2.45, 2.75) is 37.5 Å². The van der Waals surface area contributed by atoms with E-state index in [9.17, 15) is 0 Å². The Hall–Kier alpha value is -2.69. The summed E-state index contributed by atoms with van der Waals surface area (Å²) in [7, 11) is 1.84. The zero-order valence-electron chi connectivity index (χ0n) is 14.5. The summed E-state index contributed by atoms with van der Waals surface area (Å²) < 4.78 is 0. The number of rotatable bonds is 3. The number of benzene rings is 1. The van der Waals surface area contributed by atoms with Gasteiger partial charge < -0.3 is 11.1 Å². The summed E-state index contributed by atoms with van der Waals surface area (Å²) in [4.78, 5) is 13.6. The Kier molecular flexibility index (Phi) is 3.99. The fourth-order valence-electron chi connectivity index (χ4n) is 4.09. The molecule has 5 nitrogen and oxygen atoms in total. The number of nitrogens with one attached hydrogen (secondary N) is 1. The van der Waals surface area contributed by atoms with E-state index in [1.54, 1.807) is 0 Å². The highest BCUT2D eigenvalue weighted by Gasteiger charge is 2.37. The normalized spacial score (nSPS) is 16.7. The summed E-state index contributed by atoms with van der Waals surface area (Å²) in [5.41, 5.74) is 8.93. The number of nitrogens with two attached hydrogens (primary N) is 1. The third kappa shape index (κ3) is 2.69. The first-order valence-corrected chi connectivity index (χ1v) is 8.91. The fourth-order valence-corrected chi connectivity index (χ4v) is 4.09. The zero-order valence-corrected chi connectivity index (χ0v) is 14.5. The molecule has 1 saturated carbocycles. The van der Waals surface area contributed by atoms with Crippen LogP contribution in [-0.4, -0.2) is 22.0 Å². The van der Waals surface area contributed by atoms with E-state index in [2.05, 4.69) is 57.7 Å². The van der Waals surface area contributed by atoms with Gasteiger partial charge in [-0.15, -0.1) is 0 Å². The number of hydrogen-bond acceptors (Lipinski definition) is 5. The Morgan fingerprint density at radius 3 is 2.40 bits per heavy atom. The summed E-state index contributed by atoms with van der Waals surface area (Å²) in [6, 6.07) is 15.0. The van der Waals surface area contributed by atoms with Gasteiger partial charge in [-0.3, -0.25) is 0 Å². The van der Waals surface area contributed by atoms with Gasteiger partial charge in [0.05, 0.1) is 11.1 Å². The van der Waals surface area contributed by atoms with Crippen molar-refractivity contribution in [3.05, 3.63) is 53.7 Å². The lowest BCUT2D eigenvalue weighted by atomic mass is 9.67. The fraction of sp³-hybridized carbons (Fsp3) is 0.350. The Balaban J connectivity index is 1.90. The van der Waals surface area contributed by atoms with Crippen molar-refractivity contribution in [1.82, 2.24) is 15.0 Å². The highest BCUT2D eigenvalue weighted by atomic mass is 15.1. The molecule has 0 radical (unpaired) electrons. The number of fused-ring (bicyclic) bond motifs is 1. The van der Waals surface area contributed by atoms with Crippen LogP contribution in [0.2, 0.25) is 0 Å². The number of pyridine rings is 1. The summed E-state index contributed by atoms with van der Waals surface area (Å²) in [5.74, 6) is 0.970. The van der Waals surface area contributed by atoms with Crippen LogP contribution < -0.4 is 11.1 Å². The number of anilines is 2. The molecule has 1 fully saturated rings. The van der Waals surface area contributed by atoms with Crippen LogP contribution in [0.5, 0.6) is 0 Å². The Labute approximate surface area is 147 Å². The molecule has 2 aromatic heterocycles. The number of nitrogens with zero attached hydrogens (tertiary/aromatic N) is 3. The quantitative estimate of drug-likeness (QED) is 0.760. The second-order valence-electron chi connectivity index (χ2n) is 6.76. The molecule has 0 spiro atoms. The molecule has 0 unspecified atom stereocenters. The highest BCUT2D eigenvalue weighted by Crippen LogP contribution is 2.44. The molecule has 3 aromatic rings. The van der Waals surface area contributed by atoms with Crippen molar-refractivity contribution in [3.63, 3.8) is 0 Å². The van der Waals surface area contributed by atoms with Crippen molar-refractivity contribution in [1.29, 1.82) is 0 Å². The van der Waals surface area contributed by atoms with Crippen LogP contribution in [0.15, 0.2) is 42.5 Å². The minimum absolute atomic E-state index is 0.0345. The molecular weight excluding hydrogens is 310 g/mol. The van der Waals surface area contributed by atoms with E-state index in [1.807, 2.05) is 7.05 Å². The van der Waals surface area contributed by atoms with Gasteiger partial charge in [0.1, 0.15) is 5.82 Å². The van der Waals surface area contributed by atoms with Crippen LogP contribution in [0.25, 0.3) is 11.0 Å². The van der Waals surface area contributed by atoms with Crippen LogP contribution in [0, 0.1) is 0 Å². The smallest absolute Gasteiger partial charge is 0.224 e. The first-order chi connectivity index (χ1) is 12.2. The SMILES string of the molecule is CNc1nc(N)nc2nc(C3(c4ccccc4)CCCCC3)ccc12. The highest BCUT2D eigenvalue weighted by molar-refractivity contribution is 5.87. The maximum absolute atomic E-state index is 5.87. The van der Waals surface area contributed by atoms with E-state index < -0.39 is 0 Å². The van der Waals surface area contributed by atoms with Gasteiger partial charge in [-0.1, -0.05) is 49.6 Å². The maximum atomic E-state index is 5.87. The maximum Gasteiger partial charge on any atom is 0.224 e. The number of hydrogen-bond donors (Lipinski definition) is 2. The van der Waals surface area contributed by atoms with Gasteiger partial charge in [0.25, 0.3) is 0 Å². The van der Waals surface area contributed by atoms with Crippen molar-refractivity contribution in [2.24, 2.45) is 0 Å². The summed E-state index contributed by atoms with van der Waals surface area (Å²) >= 11 is 0. The molecule has 0 amide bonds. The third-order valence-corrected chi connectivity index (χ3v) is 5.34. The molecule has 1 aromatic carbocycles.